The second kappa shape index (κ2) is 10.7. The molecule has 0 saturated carbocycles. The summed E-state index contributed by atoms with van der Waals surface area (Å²) in [6, 6.07) is 0. The smallest absolute Gasteiger partial charge is 0.190 e. The summed E-state index contributed by atoms with van der Waals surface area (Å²) in [4.78, 5) is 6.81. The lowest BCUT2D eigenvalue weighted by Gasteiger charge is -2.32. The largest absolute Gasteiger partial charge is 0.356 e. The molecule has 2 N–H and O–H groups in total. The van der Waals surface area contributed by atoms with Crippen molar-refractivity contribution in [2.24, 2.45) is 16.8 Å². The first-order valence-corrected chi connectivity index (χ1v) is 7.32. The highest BCUT2D eigenvalue weighted by Gasteiger charge is 2.18. The van der Waals surface area contributed by atoms with Crippen LogP contribution in [0.4, 0.5) is 0 Å². The Labute approximate surface area is 135 Å². The molecule has 1 heterocycles. The molecule has 1 aliphatic heterocycles. The van der Waals surface area contributed by atoms with E-state index < -0.39 is 0 Å². The van der Waals surface area contributed by atoms with E-state index in [1.54, 1.807) is 0 Å². The third-order valence-electron chi connectivity index (χ3n) is 3.51. The number of rotatable bonds is 5. The van der Waals surface area contributed by atoms with Crippen LogP contribution in [0.3, 0.4) is 0 Å². The van der Waals surface area contributed by atoms with E-state index in [4.69, 9.17) is 0 Å². The molecule has 114 valence electrons. The quantitative estimate of drug-likeness (QED) is 0.435. The summed E-state index contributed by atoms with van der Waals surface area (Å²) < 4.78 is 0. The summed E-state index contributed by atoms with van der Waals surface area (Å²) in [5.41, 5.74) is 0. The fourth-order valence-electron chi connectivity index (χ4n) is 2.37. The molecule has 0 aromatic heterocycles. The minimum Gasteiger partial charge on any atom is -0.356 e. The number of nitrogens with one attached hydrogen (secondary N) is 2. The van der Waals surface area contributed by atoms with Crippen molar-refractivity contribution in [3.8, 4) is 0 Å². The van der Waals surface area contributed by atoms with Crippen LogP contribution >= 0.6 is 24.0 Å². The van der Waals surface area contributed by atoms with Crippen molar-refractivity contribution < 1.29 is 0 Å². The Bertz CT molecular complexity index is 256. The number of piperidine rings is 1. The number of hydrogen-bond donors (Lipinski definition) is 2. The number of halogens is 1. The molecule has 1 fully saturated rings. The Morgan fingerprint density at radius 2 is 2.11 bits per heavy atom. The molecule has 4 nitrogen and oxygen atoms in total. The van der Waals surface area contributed by atoms with E-state index >= 15 is 0 Å². The second-order valence-corrected chi connectivity index (χ2v) is 5.63. The number of likely N-dealkylation sites (tertiary alicyclic amines) is 1. The maximum atomic E-state index is 4.26. The fourth-order valence-corrected chi connectivity index (χ4v) is 2.37. The third-order valence-corrected chi connectivity index (χ3v) is 3.51. The standard InChI is InChI=1S/C14H30N4.HI/c1-5-18-8-6-7-13(11-18)10-17-14(15-4)16-9-12(2)3;/h12-13H,5-11H2,1-4H3,(H2,15,16,17);1H. The van der Waals surface area contributed by atoms with E-state index in [0.29, 0.717) is 5.92 Å². The predicted molar refractivity (Wildman–Crippen MR) is 94.5 cm³/mol. The number of hydrogen-bond acceptors (Lipinski definition) is 2. The van der Waals surface area contributed by atoms with Crippen molar-refractivity contribution in [1.82, 2.24) is 15.5 Å². The number of nitrogens with zero attached hydrogens (tertiary/aromatic N) is 2. The maximum Gasteiger partial charge on any atom is 0.190 e. The van der Waals surface area contributed by atoms with Crippen molar-refractivity contribution in [2.75, 3.05) is 39.8 Å². The Kier molecular flexibility index (Phi) is 10.7. The first kappa shape index (κ1) is 19.0. The third kappa shape index (κ3) is 7.97. The Balaban J connectivity index is 0.00000324. The molecule has 0 radical (unpaired) electrons. The highest BCUT2D eigenvalue weighted by atomic mass is 127. The monoisotopic (exact) mass is 382 g/mol. The topological polar surface area (TPSA) is 39.7 Å². The Morgan fingerprint density at radius 3 is 2.68 bits per heavy atom. The maximum absolute atomic E-state index is 4.26. The molecule has 1 unspecified atom stereocenters. The minimum atomic E-state index is 0. The molecule has 0 aromatic carbocycles. The lowest BCUT2D eigenvalue weighted by Crippen LogP contribution is -2.45. The van der Waals surface area contributed by atoms with Crippen LogP contribution in [0.25, 0.3) is 0 Å². The van der Waals surface area contributed by atoms with Gasteiger partial charge in [0.2, 0.25) is 0 Å². The molecule has 0 bridgehead atoms. The highest BCUT2D eigenvalue weighted by molar-refractivity contribution is 14.0. The van der Waals surface area contributed by atoms with Crippen molar-refractivity contribution in [3.05, 3.63) is 0 Å². The number of aliphatic imine (C=N–C) groups is 1. The molecule has 1 aliphatic rings. The van der Waals surface area contributed by atoms with Gasteiger partial charge in [-0.1, -0.05) is 20.8 Å². The van der Waals surface area contributed by atoms with Gasteiger partial charge in [0.25, 0.3) is 0 Å². The van der Waals surface area contributed by atoms with Gasteiger partial charge in [-0.15, -0.1) is 24.0 Å². The zero-order chi connectivity index (χ0) is 13.4. The average Bonchev–Trinajstić information content (AvgIpc) is 2.39. The molecular formula is C14H31IN4. The van der Waals surface area contributed by atoms with Crippen LogP contribution in [0.15, 0.2) is 4.99 Å². The van der Waals surface area contributed by atoms with Gasteiger partial charge in [0.05, 0.1) is 0 Å². The van der Waals surface area contributed by atoms with Crippen molar-refractivity contribution >= 4 is 29.9 Å². The van der Waals surface area contributed by atoms with Gasteiger partial charge in [-0.25, -0.2) is 0 Å². The molecule has 0 aromatic rings. The van der Waals surface area contributed by atoms with Gasteiger partial charge in [0.15, 0.2) is 5.96 Å². The molecule has 1 atom stereocenters. The molecule has 0 aliphatic carbocycles. The van der Waals surface area contributed by atoms with E-state index in [9.17, 15) is 0 Å². The summed E-state index contributed by atoms with van der Waals surface area (Å²) in [6.07, 6.45) is 2.67. The molecule has 0 amide bonds. The summed E-state index contributed by atoms with van der Waals surface area (Å²) in [7, 11) is 1.84. The summed E-state index contributed by atoms with van der Waals surface area (Å²) in [5, 5.41) is 6.81. The first-order chi connectivity index (χ1) is 8.65. The Hall–Kier alpha value is -0.0400. The normalized spacial score (nSPS) is 21.1. The lowest BCUT2D eigenvalue weighted by molar-refractivity contribution is 0.183. The van der Waals surface area contributed by atoms with E-state index in [2.05, 4.69) is 41.3 Å². The molecule has 19 heavy (non-hydrogen) atoms. The second-order valence-electron chi connectivity index (χ2n) is 5.63. The summed E-state index contributed by atoms with van der Waals surface area (Å²) in [6.45, 7) is 12.4. The summed E-state index contributed by atoms with van der Waals surface area (Å²) in [5.74, 6) is 2.35. The van der Waals surface area contributed by atoms with Gasteiger partial charge < -0.3 is 15.5 Å². The van der Waals surface area contributed by atoms with Crippen LogP contribution < -0.4 is 10.6 Å². The van der Waals surface area contributed by atoms with E-state index in [1.807, 2.05) is 7.05 Å². The average molecular weight is 382 g/mol. The van der Waals surface area contributed by atoms with Crippen LogP contribution in [0.2, 0.25) is 0 Å². The molecule has 1 rings (SSSR count). The van der Waals surface area contributed by atoms with E-state index in [-0.39, 0.29) is 24.0 Å². The van der Waals surface area contributed by atoms with Gasteiger partial charge in [-0.2, -0.15) is 0 Å². The van der Waals surface area contributed by atoms with Crippen LogP contribution in [0, 0.1) is 11.8 Å². The van der Waals surface area contributed by atoms with E-state index in [0.717, 1.165) is 25.0 Å². The molecule has 5 heteroatoms. The van der Waals surface area contributed by atoms with Crippen molar-refractivity contribution in [1.29, 1.82) is 0 Å². The van der Waals surface area contributed by atoms with Gasteiger partial charge in [-0.05, 0) is 37.8 Å². The fraction of sp³-hybridized carbons (Fsp3) is 0.929. The predicted octanol–water partition coefficient (Wildman–Crippen LogP) is 2.16. The first-order valence-electron chi connectivity index (χ1n) is 7.32. The zero-order valence-corrected chi connectivity index (χ0v) is 15.2. The van der Waals surface area contributed by atoms with Crippen molar-refractivity contribution in [3.63, 3.8) is 0 Å². The molecule has 0 spiro atoms. The van der Waals surface area contributed by atoms with Gasteiger partial charge >= 0.3 is 0 Å². The van der Waals surface area contributed by atoms with Gasteiger partial charge in [0, 0.05) is 26.7 Å². The molecular weight excluding hydrogens is 351 g/mol. The van der Waals surface area contributed by atoms with Gasteiger partial charge in [0.1, 0.15) is 0 Å². The highest BCUT2D eigenvalue weighted by Crippen LogP contribution is 2.14. The zero-order valence-electron chi connectivity index (χ0n) is 12.9. The van der Waals surface area contributed by atoms with E-state index in [1.165, 1.54) is 32.5 Å². The van der Waals surface area contributed by atoms with Crippen molar-refractivity contribution in [2.45, 2.75) is 33.6 Å². The van der Waals surface area contributed by atoms with Crippen LogP contribution in [0.5, 0.6) is 0 Å². The summed E-state index contributed by atoms with van der Waals surface area (Å²) >= 11 is 0. The molecule has 1 saturated heterocycles. The van der Waals surface area contributed by atoms with Crippen LogP contribution in [-0.2, 0) is 0 Å². The lowest BCUT2D eigenvalue weighted by atomic mass is 9.98. The SMILES string of the molecule is CCN1CCCC(CNC(=NC)NCC(C)C)C1.I. The van der Waals surface area contributed by atoms with Gasteiger partial charge in [-0.3, -0.25) is 4.99 Å². The van der Waals surface area contributed by atoms with Crippen LogP contribution in [0.1, 0.15) is 33.6 Å². The minimum absolute atomic E-state index is 0. The van der Waals surface area contributed by atoms with Crippen LogP contribution in [-0.4, -0.2) is 50.6 Å². The number of guanidine groups is 1. The Morgan fingerprint density at radius 1 is 1.37 bits per heavy atom.